The molecule has 0 aliphatic carbocycles. The Bertz CT molecular complexity index is 460. The number of benzene rings is 1. The van der Waals surface area contributed by atoms with Crippen molar-refractivity contribution in [2.75, 3.05) is 32.1 Å². The molecule has 1 aromatic rings. The first kappa shape index (κ1) is 16.1. The molecule has 1 rings (SSSR count). The fraction of sp³-hybridized carbons (Fsp3) is 0.571. The van der Waals surface area contributed by atoms with Crippen LogP contribution in [0.25, 0.3) is 0 Å². The highest BCUT2D eigenvalue weighted by Crippen LogP contribution is 2.08. The number of hydrogen-bond acceptors (Lipinski definition) is 4. The largest absolute Gasteiger partial charge is 0.329 e. The molecule has 0 radical (unpaired) electrons. The van der Waals surface area contributed by atoms with Gasteiger partial charge in [-0.2, -0.15) is 0 Å². The summed E-state index contributed by atoms with van der Waals surface area (Å²) in [5.74, 6) is 0.186. The van der Waals surface area contributed by atoms with E-state index in [1.165, 1.54) is 11.8 Å². The Labute approximate surface area is 116 Å². The van der Waals surface area contributed by atoms with E-state index in [1.807, 2.05) is 30.1 Å². The lowest BCUT2D eigenvalue weighted by Gasteiger charge is -2.26. The van der Waals surface area contributed by atoms with Crippen molar-refractivity contribution in [3.05, 3.63) is 35.9 Å². The van der Waals surface area contributed by atoms with E-state index in [2.05, 4.69) is 12.1 Å². The van der Waals surface area contributed by atoms with Crippen molar-refractivity contribution >= 4 is 9.84 Å². The van der Waals surface area contributed by atoms with Crippen molar-refractivity contribution < 1.29 is 8.42 Å². The lowest BCUT2D eigenvalue weighted by molar-refractivity contribution is 0.248. The van der Waals surface area contributed by atoms with Crippen molar-refractivity contribution in [2.45, 2.75) is 18.9 Å². The number of nitrogens with zero attached hydrogens (tertiary/aromatic N) is 1. The van der Waals surface area contributed by atoms with E-state index in [4.69, 9.17) is 5.73 Å². The fourth-order valence-corrected chi connectivity index (χ4v) is 2.61. The highest BCUT2D eigenvalue weighted by molar-refractivity contribution is 7.90. The van der Waals surface area contributed by atoms with E-state index in [9.17, 15) is 8.42 Å². The van der Waals surface area contributed by atoms with Gasteiger partial charge in [0, 0.05) is 25.4 Å². The summed E-state index contributed by atoms with van der Waals surface area (Å²) in [7, 11) is -0.972. The van der Waals surface area contributed by atoms with Gasteiger partial charge in [0.1, 0.15) is 9.84 Å². The van der Waals surface area contributed by atoms with Gasteiger partial charge in [0.25, 0.3) is 0 Å². The molecule has 4 nitrogen and oxygen atoms in total. The highest BCUT2D eigenvalue weighted by atomic mass is 32.2. The predicted molar refractivity (Wildman–Crippen MR) is 79.9 cm³/mol. The van der Waals surface area contributed by atoms with Crippen molar-refractivity contribution in [1.29, 1.82) is 0 Å². The number of aryl methyl sites for hydroxylation is 1. The molecule has 0 aromatic heterocycles. The van der Waals surface area contributed by atoms with E-state index in [0.29, 0.717) is 13.1 Å². The summed E-state index contributed by atoms with van der Waals surface area (Å²) in [5.41, 5.74) is 7.08. The number of rotatable bonds is 8. The van der Waals surface area contributed by atoms with Crippen molar-refractivity contribution in [1.82, 2.24) is 4.90 Å². The summed E-state index contributed by atoms with van der Waals surface area (Å²) in [4.78, 5) is 2.05. The van der Waals surface area contributed by atoms with E-state index in [-0.39, 0.29) is 11.8 Å². The van der Waals surface area contributed by atoms with E-state index in [0.717, 1.165) is 12.8 Å². The standard InChI is InChI=1S/C14H24N2O2S/c1-16(10-11-19(2,17)18)14(12-15)9-8-13-6-4-3-5-7-13/h3-7,14H,8-12,15H2,1-2H3. The van der Waals surface area contributed by atoms with Crippen LogP contribution in [0, 0.1) is 0 Å². The van der Waals surface area contributed by atoms with Gasteiger partial charge >= 0.3 is 0 Å². The van der Waals surface area contributed by atoms with Crippen LogP contribution in [0.2, 0.25) is 0 Å². The maximum Gasteiger partial charge on any atom is 0.148 e. The second-order valence-corrected chi connectivity index (χ2v) is 7.28. The van der Waals surface area contributed by atoms with Gasteiger partial charge in [-0.1, -0.05) is 30.3 Å². The first-order valence-corrected chi connectivity index (χ1v) is 8.60. The topological polar surface area (TPSA) is 63.4 Å². The van der Waals surface area contributed by atoms with E-state index < -0.39 is 9.84 Å². The van der Waals surface area contributed by atoms with Crippen LogP contribution < -0.4 is 5.73 Å². The first-order chi connectivity index (χ1) is 8.92. The Kier molecular flexibility index (Phi) is 6.48. The number of likely N-dealkylation sites (N-methyl/N-ethyl adjacent to an activating group) is 1. The van der Waals surface area contributed by atoms with Crippen LogP contribution in [-0.2, 0) is 16.3 Å². The average Bonchev–Trinajstić information content (AvgIpc) is 2.37. The maximum absolute atomic E-state index is 11.2. The molecular formula is C14H24N2O2S. The van der Waals surface area contributed by atoms with Gasteiger partial charge in [-0.3, -0.25) is 0 Å². The molecule has 0 saturated heterocycles. The van der Waals surface area contributed by atoms with Crippen LogP contribution in [0.1, 0.15) is 12.0 Å². The van der Waals surface area contributed by atoms with Crippen molar-refractivity contribution in [3.63, 3.8) is 0 Å². The predicted octanol–water partition coefficient (Wildman–Crippen LogP) is 0.923. The molecule has 0 aliphatic rings. The molecule has 108 valence electrons. The second-order valence-electron chi connectivity index (χ2n) is 5.02. The molecule has 0 aliphatic heterocycles. The minimum atomic E-state index is -2.91. The van der Waals surface area contributed by atoms with Crippen LogP contribution in [0.3, 0.4) is 0 Å². The second kappa shape index (κ2) is 7.62. The van der Waals surface area contributed by atoms with Crippen LogP contribution in [0.4, 0.5) is 0 Å². The zero-order valence-electron chi connectivity index (χ0n) is 11.7. The summed E-state index contributed by atoms with van der Waals surface area (Å²) in [6.45, 7) is 1.09. The van der Waals surface area contributed by atoms with Crippen LogP contribution >= 0.6 is 0 Å². The Balaban J connectivity index is 2.44. The smallest absolute Gasteiger partial charge is 0.148 e. The van der Waals surface area contributed by atoms with Gasteiger partial charge in [-0.25, -0.2) is 8.42 Å². The molecular weight excluding hydrogens is 260 g/mol. The van der Waals surface area contributed by atoms with Crippen LogP contribution in [0.5, 0.6) is 0 Å². The monoisotopic (exact) mass is 284 g/mol. The number of hydrogen-bond donors (Lipinski definition) is 1. The van der Waals surface area contributed by atoms with E-state index >= 15 is 0 Å². The van der Waals surface area contributed by atoms with Crippen molar-refractivity contribution in [3.8, 4) is 0 Å². The minimum absolute atomic E-state index is 0.186. The number of sulfone groups is 1. The Morgan fingerprint density at radius 3 is 2.42 bits per heavy atom. The Morgan fingerprint density at radius 2 is 1.89 bits per heavy atom. The third-order valence-electron chi connectivity index (χ3n) is 3.32. The normalized spacial score (nSPS) is 13.7. The highest BCUT2D eigenvalue weighted by Gasteiger charge is 2.14. The molecule has 0 fully saturated rings. The molecule has 0 bridgehead atoms. The average molecular weight is 284 g/mol. The molecule has 2 N–H and O–H groups in total. The zero-order chi connectivity index (χ0) is 14.3. The van der Waals surface area contributed by atoms with Crippen LogP contribution in [0.15, 0.2) is 30.3 Å². The molecule has 5 heteroatoms. The third kappa shape index (κ3) is 6.71. The molecule has 1 unspecified atom stereocenters. The lowest BCUT2D eigenvalue weighted by atomic mass is 10.0. The third-order valence-corrected chi connectivity index (χ3v) is 4.24. The van der Waals surface area contributed by atoms with Gasteiger partial charge in [-0.05, 0) is 25.5 Å². The SMILES string of the molecule is CN(CCS(C)(=O)=O)C(CN)CCc1ccccc1. The van der Waals surface area contributed by atoms with Gasteiger partial charge in [-0.15, -0.1) is 0 Å². The molecule has 19 heavy (non-hydrogen) atoms. The molecule has 1 aromatic carbocycles. The maximum atomic E-state index is 11.2. The van der Waals surface area contributed by atoms with Gasteiger partial charge < -0.3 is 10.6 Å². The fourth-order valence-electron chi connectivity index (χ4n) is 1.99. The van der Waals surface area contributed by atoms with Crippen LogP contribution in [-0.4, -0.2) is 51.5 Å². The zero-order valence-corrected chi connectivity index (χ0v) is 12.6. The summed E-state index contributed by atoms with van der Waals surface area (Å²) >= 11 is 0. The summed E-state index contributed by atoms with van der Waals surface area (Å²) in [5, 5.41) is 0. The first-order valence-electron chi connectivity index (χ1n) is 6.54. The van der Waals surface area contributed by atoms with E-state index in [1.54, 1.807) is 0 Å². The summed E-state index contributed by atoms with van der Waals surface area (Å²) in [6, 6.07) is 10.5. The molecule has 0 saturated carbocycles. The number of nitrogens with two attached hydrogens (primary N) is 1. The Hall–Kier alpha value is -0.910. The molecule has 0 spiro atoms. The summed E-state index contributed by atoms with van der Waals surface area (Å²) < 4.78 is 22.3. The van der Waals surface area contributed by atoms with Gasteiger partial charge in [0.05, 0.1) is 5.75 Å². The molecule has 0 heterocycles. The Morgan fingerprint density at radius 1 is 1.26 bits per heavy atom. The quantitative estimate of drug-likeness (QED) is 0.771. The van der Waals surface area contributed by atoms with Gasteiger partial charge in [0.15, 0.2) is 0 Å². The minimum Gasteiger partial charge on any atom is -0.329 e. The molecule has 0 amide bonds. The summed E-state index contributed by atoms with van der Waals surface area (Å²) in [6.07, 6.45) is 3.18. The van der Waals surface area contributed by atoms with Crippen molar-refractivity contribution in [2.24, 2.45) is 5.73 Å². The molecule has 1 atom stereocenters. The lowest BCUT2D eigenvalue weighted by Crippen LogP contribution is -2.40. The van der Waals surface area contributed by atoms with Gasteiger partial charge in [0.2, 0.25) is 0 Å².